The second-order valence-corrected chi connectivity index (χ2v) is 3.96. The maximum Gasteiger partial charge on any atom is 0.123 e. The highest BCUT2D eigenvalue weighted by molar-refractivity contribution is 5.42. The quantitative estimate of drug-likeness (QED) is 0.752. The molecule has 0 bridgehead atoms. The van der Waals surface area contributed by atoms with Crippen LogP contribution in [-0.2, 0) is 0 Å². The summed E-state index contributed by atoms with van der Waals surface area (Å²) in [4.78, 5) is 0. The van der Waals surface area contributed by atoms with Crippen LogP contribution in [0.5, 0.6) is 11.5 Å². The molecule has 98 valence electrons. The third kappa shape index (κ3) is 3.68. The van der Waals surface area contributed by atoms with Crippen molar-refractivity contribution < 1.29 is 9.47 Å². The molecule has 1 N–H and O–H groups in total. The molecule has 0 saturated carbocycles. The predicted molar refractivity (Wildman–Crippen MR) is 74.0 cm³/mol. The molecule has 0 heterocycles. The van der Waals surface area contributed by atoms with E-state index in [0.717, 1.165) is 36.4 Å². The zero-order chi connectivity index (χ0) is 13.4. The minimum absolute atomic E-state index is 0.191. The number of benzene rings is 1. The van der Waals surface area contributed by atoms with Gasteiger partial charge in [-0.25, -0.2) is 0 Å². The van der Waals surface area contributed by atoms with Crippen LogP contribution in [0.15, 0.2) is 18.2 Å². The molecule has 0 radical (unpaired) electrons. The van der Waals surface area contributed by atoms with Crippen LogP contribution in [0.1, 0.15) is 31.4 Å². The van der Waals surface area contributed by atoms with E-state index >= 15 is 0 Å². The largest absolute Gasteiger partial charge is 0.497 e. The Hall–Kier alpha value is -1.66. The van der Waals surface area contributed by atoms with Crippen molar-refractivity contribution in [2.45, 2.75) is 25.8 Å². The van der Waals surface area contributed by atoms with Crippen LogP contribution in [0.4, 0.5) is 0 Å². The second kappa shape index (κ2) is 7.62. The highest BCUT2D eigenvalue weighted by atomic mass is 16.5. The third-order valence-corrected chi connectivity index (χ3v) is 2.84. The summed E-state index contributed by atoms with van der Waals surface area (Å²) in [5.41, 5.74) is 1.09. The molecular formula is C15H21NO2. The second-order valence-electron chi connectivity index (χ2n) is 3.96. The Morgan fingerprint density at radius 2 is 2.11 bits per heavy atom. The van der Waals surface area contributed by atoms with Crippen molar-refractivity contribution in [1.29, 1.82) is 0 Å². The minimum atomic E-state index is 0.191. The first-order valence-corrected chi connectivity index (χ1v) is 6.15. The lowest BCUT2D eigenvalue weighted by atomic mass is 10.0. The fourth-order valence-electron chi connectivity index (χ4n) is 1.95. The summed E-state index contributed by atoms with van der Waals surface area (Å²) in [7, 11) is 3.34. The Balaban J connectivity index is 3.03. The molecule has 1 rings (SSSR count). The van der Waals surface area contributed by atoms with Crippen molar-refractivity contribution in [3.05, 3.63) is 23.8 Å². The van der Waals surface area contributed by atoms with Gasteiger partial charge in [0, 0.05) is 18.0 Å². The van der Waals surface area contributed by atoms with Gasteiger partial charge in [0.15, 0.2) is 0 Å². The number of rotatable bonds is 7. The standard InChI is InChI=1S/C15H21NO2/c1-5-7-8-14(16-6-2)13-11-12(17-3)9-10-15(13)18-4/h1,9-11,14,16H,6-8H2,2-4H3. The first kappa shape index (κ1) is 14.4. The summed E-state index contributed by atoms with van der Waals surface area (Å²) in [6.07, 6.45) is 6.96. The van der Waals surface area contributed by atoms with Gasteiger partial charge >= 0.3 is 0 Å². The van der Waals surface area contributed by atoms with E-state index in [9.17, 15) is 0 Å². The lowest BCUT2D eigenvalue weighted by molar-refractivity contribution is 0.387. The number of hydrogen-bond donors (Lipinski definition) is 1. The lowest BCUT2D eigenvalue weighted by Crippen LogP contribution is -2.21. The van der Waals surface area contributed by atoms with Crippen molar-refractivity contribution in [2.75, 3.05) is 20.8 Å². The van der Waals surface area contributed by atoms with Crippen molar-refractivity contribution in [1.82, 2.24) is 5.32 Å². The molecule has 0 aliphatic heterocycles. The normalized spacial score (nSPS) is 11.7. The van der Waals surface area contributed by atoms with Gasteiger partial charge in [0.05, 0.1) is 14.2 Å². The lowest BCUT2D eigenvalue weighted by Gasteiger charge is -2.20. The van der Waals surface area contributed by atoms with E-state index in [0.29, 0.717) is 0 Å². The molecule has 1 aromatic rings. The minimum Gasteiger partial charge on any atom is -0.497 e. The molecule has 0 aromatic heterocycles. The van der Waals surface area contributed by atoms with Gasteiger partial charge < -0.3 is 14.8 Å². The van der Waals surface area contributed by atoms with Crippen LogP contribution >= 0.6 is 0 Å². The van der Waals surface area contributed by atoms with Gasteiger partial charge in [-0.3, -0.25) is 0 Å². The Labute approximate surface area is 109 Å². The fourth-order valence-corrected chi connectivity index (χ4v) is 1.95. The fraction of sp³-hybridized carbons (Fsp3) is 0.467. The van der Waals surface area contributed by atoms with Crippen LogP contribution in [0.3, 0.4) is 0 Å². The average molecular weight is 247 g/mol. The van der Waals surface area contributed by atoms with E-state index in [-0.39, 0.29) is 6.04 Å². The summed E-state index contributed by atoms with van der Waals surface area (Å²) in [5.74, 6) is 4.37. The summed E-state index contributed by atoms with van der Waals surface area (Å²) in [5, 5.41) is 3.43. The van der Waals surface area contributed by atoms with Crippen molar-refractivity contribution in [3.63, 3.8) is 0 Å². The molecule has 0 fully saturated rings. The number of ether oxygens (including phenoxy) is 2. The maximum absolute atomic E-state index is 5.40. The zero-order valence-corrected chi connectivity index (χ0v) is 11.3. The molecule has 3 heteroatoms. The summed E-state index contributed by atoms with van der Waals surface area (Å²) >= 11 is 0. The molecule has 0 spiro atoms. The van der Waals surface area contributed by atoms with Crippen LogP contribution in [0.2, 0.25) is 0 Å². The Bertz CT molecular complexity index is 409. The number of nitrogens with one attached hydrogen (secondary N) is 1. The van der Waals surface area contributed by atoms with E-state index in [4.69, 9.17) is 15.9 Å². The number of hydrogen-bond acceptors (Lipinski definition) is 3. The van der Waals surface area contributed by atoms with E-state index < -0.39 is 0 Å². The highest BCUT2D eigenvalue weighted by Crippen LogP contribution is 2.31. The summed E-state index contributed by atoms with van der Waals surface area (Å²) in [6.45, 7) is 2.96. The molecule has 18 heavy (non-hydrogen) atoms. The smallest absolute Gasteiger partial charge is 0.123 e. The van der Waals surface area contributed by atoms with Gasteiger partial charge in [-0.05, 0) is 31.2 Å². The average Bonchev–Trinajstić information content (AvgIpc) is 2.42. The van der Waals surface area contributed by atoms with Gasteiger partial charge in [0.1, 0.15) is 11.5 Å². The van der Waals surface area contributed by atoms with Gasteiger partial charge in [-0.2, -0.15) is 0 Å². The van der Waals surface area contributed by atoms with Crippen molar-refractivity contribution in [2.24, 2.45) is 0 Å². The Morgan fingerprint density at radius 1 is 1.33 bits per heavy atom. The summed E-state index contributed by atoms with van der Waals surface area (Å²) < 4.78 is 10.7. The van der Waals surface area contributed by atoms with Gasteiger partial charge in [-0.1, -0.05) is 6.92 Å². The Morgan fingerprint density at radius 3 is 2.67 bits per heavy atom. The monoisotopic (exact) mass is 247 g/mol. The van der Waals surface area contributed by atoms with Gasteiger partial charge in [0.25, 0.3) is 0 Å². The topological polar surface area (TPSA) is 30.5 Å². The number of terminal acetylenes is 1. The molecule has 0 amide bonds. The zero-order valence-electron chi connectivity index (χ0n) is 11.3. The summed E-state index contributed by atoms with van der Waals surface area (Å²) in [6, 6.07) is 6.01. The van der Waals surface area contributed by atoms with Crippen LogP contribution in [-0.4, -0.2) is 20.8 Å². The Kier molecular flexibility index (Phi) is 6.10. The van der Waals surface area contributed by atoms with E-state index in [1.54, 1.807) is 14.2 Å². The van der Waals surface area contributed by atoms with Crippen LogP contribution in [0, 0.1) is 12.3 Å². The van der Waals surface area contributed by atoms with Gasteiger partial charge in [-0.15, -0.1) is 12.3 Å². The van der Waals surface area contributed by atoms with Gasteiger partial charge in [0.2, 0.25) is 0 Å². The third-order valence-electron chi connectivity index (χ3n) is 2.84. The van der Waals surface area contributed by atoms with E-state index in [2.05, 4.69) is 18.2 Å². The molecule has 0 aliphatic carbocycles. The van der Waals surface area contributed by atoms with E-state index in [1.807, 2.05) is 18.2 Å². The first-order chi connectivity index (χ1) is 8.76. The first-order valence-electron chi connectivity index (χ1n) is 6.15. The number of methoxy groups -OCH3 is 2. The highest BCUT2D eigenvalue weighted by Gasteiger charge is 2.15. The SMILES string of the molecule is C#CCCC(NCC)c1cc(OC)ccc1OC. The molecular weight excluding hydrogens is 226 g/mol. The predicted octanol–water partition coefficient (Wildman–Crippen LogP) is 2.77. The maximum atomic E-state index is 5.40. The van der Waals surface area contributed by atoms with Crippen LogP contribution in [0.25, 0.3) is 0 Å². The molecule has 3 nitrogen and oxygen atoms in total. The van der Waals surface area contributed by atoms with Crippen molar-refractivity contribution >= 4 is 0 Å². The van der Waals surface area contributed by atoms with E-state index in [1.165, 1.54) is 0 Å². The molecule has 1 aromatic carbocycles. The van der Waals surface area contributed by atoms with Crippen LogP contribution < -0.4 is 14.8 Å². The molecule has 0 aliphatic rings. The molecule has 1 unspecified atom stereocenters. The van der Waals surface area contributed by atoms with Crippen molar-refractivity contribution in [3.8, 4) is 23.8 Å². The molecule has 0 saturated heterocycles. The molecule has 1 atom stereocenters.